The van der Waals surface area contributed by atoms with Crippen LogP contribution in [0.25, 0.3) is 0 Å². The molecule has 6 nitrogen and oxygen atoms in total. The van der Waals surface area contributed by atoms with Crippen molar-refractivity contribution in [2.75, 3.05) is 30.5 Å². The molecule has 3 N–H and O–H groups in total. The number of hydrogen-bond acceptors (Lipinski definition) is 5. The largest absolute Gasteiger partial charge is 0.508 e. The second-order valence-electron chi connectivity index (χ2n) is 4.61. The lowest BCUT2D eigenvalue weighted by Gasteiger charge is -2.20. The summed E-state index contributed by atoms with van der Waals surface area (Å²) in [6, 6.07) is 5.57. The predicted octanol–water partition coefficient (Wildman–Crippen LogP) is 1.15. The molecule has 1 aromatic rings. The van der Waals surface area contributed by atoms with E-state index in [1.54, 1.807) is 24.1 Å². The van der Waals surface area contributed by atoms with E-state index in [2.05, 4.69) is 5.32 Å². The summed E-state index contributed by atoms with van der Waals surface area (Å²) in [7, 11) is 1.73. The van der Waals surface area contributed by atoms with Crippen LogP contribution in [0.15, 0.2) is 24.3 Å². The minimum Gasteiger partial charge on any atom is -0.508 e. The normalized spacial score (nSPS) is 11.7. The zero-order chi connectivity index (χ0) is 15.8. The number of rotatable bonds is 8. The summed E-state index contributed by atoms with van der Waals surface area (Å²) < 4.78 is 0. The Bertz CT molecular complexity index is 478. The van der Waals surface area contributed by atoms with Crippen LogP contribution in [0, 0.1) is 0 Å². The lowest BCUT2D eigenvalue weighted by Crippen LogP contribution is -2.45. The first kappa shape index (κ1) is 17.2. The number of likely N-dealkylation sites (N-methyl/N-ethyl adjacent to an activating group) is 1. The molecular weight excluding hydrogens is 292 g/mol. The van der Waals surface area contributed by atoms with Gasteiger partial charge in [0.05, 0.1) is 6.54 Å². The molecule has 0 spiro atoms. The summed E-state index contributed by atoms with van der Waals surface area (Å²) in [4.78, 5) is 24.7. The number of thioether (sulfide) groups is 1. The lowest BCUT2D eigenvalue weighted by atomic mass is 10.2. The molecule has 1 amide bonds. The number of benzene rings is 1. The second kappa shape index (κ2) is 8.41. The van der Waals surface area contributed by atoms with Crippen molar-refractivity contribution >= 4 is 29.3 Å². The maximum atomic E-state index is 11.9. The van der Waals surface area contributed by atoms with Crippen LogP contribution in [0.3, 0.4) is 0 Å². The van der Waals surface area contributed by atoms with Crippen molar-refractivity contribution < 1.29 is 19.8 Å². The van der Waals surface area contributed by atoms with E-state index in [-0.39, 0.29) is 18.2 Å². The van der Waals surface area contributed by atoms with Gasteiger partial charge in [0.15, 0.2) is 0 Å². The molecule has 0 aromatic heterocycles. The molecule has 0 aliphatic heterocycles. The molecule has 1 rings (SSSR count). The molecule has 0 bridgehead atoms. The Kier molecular flexibility index (Phi) is 6.87. The summed E-state index contributed by atoms with van der Waals surface area (Å²) >= 11 is 1.54. The zero-order valence-corrected chi connectivity index (χ0v) is 12.9. The van der Waals surface area contributed by atoms with Gasteiger partial charge in [-0.1, -0.05) is 0 Å². The van der Waals surface area contributed by atoms with Crippen LogP contribution in [0.2, 0.25) is 0 Å². The smallest absolute Gasteiger partial charge is 0.326 e. The minimum atomic E-state index is -1.02. The number of aliphatic carboxylic acids is 1. The number of anilines is 1. The first-order valence-corrected chi connectivity index (χ1v) is 7.84. The average Bonchev–Trinajstić information content (AvgIpc) is 2.43. The summed E-state index contributed by atoms with van der Waals surface area (Å²) in [6.07, 6.45) is 2.28. The molecule has 0 heterocycles. The van der Waals surface area contributed by atoms with E-state index in [9.17, 15) is 14.7 Å². The number of carbonyl (C=O) groups is 2. The van der Waals surface area contributed by atoms with Gasteiger partial charge in [0.25, 0.3) is 0 Å². The number of carbonyl (C=O) groups excluding carboxylic acids is 1. The first-order chi connectivity index (χ1) is 9.93. The van der Waals surface area contributed by atoms with E-state index in [4.69, 9.17) is 5.11 Å². The Hall–Kier alpha value is -1.89. The van der Waals surface area contributed by atoms with Gasteiger partial charge in [0.1, 0.15) is 11.8 Å². The second-order valence-corrected chi connectivity index (χ2v) is 5.60. The van der Waals surface area contributed by atoms with Gasteiger partial charge in [-0.05, 0) is 42.7 Å². The Morgan fingerprint density at radius 3 is 2.48 bits per heavy atom. The molecule has 21 heavy (non-hydrogen) atoms. The maximum absolute atomic E-state index is 11.9. The van der Waals surface area contributed by atoms with Gasteiger partial charge in [-0.15, -0.1) is 0 Å². The van der Waals surface area contributed by atoms with Crippen LogP contribution in [-0.2, 0) is 9.59 Å². The number of nitrogens with one attached hydrogen (secondary N) is 1. The van der Waals surface area contributed by atoms with Crippen molar-refractivity contribution in [3.63, 3.8) is 0 Å². The first-order valence-electron chi connectivity index (χ1n) is 6.45. The van der Waals surface area contributed by atoms with E-state index in [1.807, 2.05) is 6.26 Å². The van der Waals surface area contributed by atoms with Crippen molar-refractivity contribution in [3.05, 3.63) is 24.3 Å². The van der Waals surface area contributed by atoms with Gasteiger partial charge in [-0.25, -0.2) is 4.79 Å². The quantitative estimate of drug-likeness (QED) is 0.667. The van der Waals surface area contributed by atoms with Crippen molar-refractivity contribution in [3.8, 4) is 5.75 Å². The molecule has 116 valence electrons. The highest BCUT2D eigenvalue weighted by atomic mass is 32.2. The number of hydrogen-bond donors (Lipinski definition) is 3. The molecule has 0 saturated carbocycles. The van der Waals surface area contributed by atoms with Gasteiger partial charge in [-0.3, -0.25) is 4.79 Å². The van der Waals surface area contributed by atoms with Crippen LogP contribution < -0.4 is 10.2 Å². The van der Waals surface area contributed by atoms with Gasteiger partial charge in [0.2, 0.25) is 5.91 Å². The highest BCUT2D eigenvalue weighted by molar-refractivity contribution is 7.98. The lowest BCUT2D eigenvalue weighted by molar-refractivity contribution is -0.141. The van der Waals surface area contributed by atoms with Crippen LogP contribution in [-0.4, -0.2) is 53.7 Å². The highest BCUT2D eigenvalue weighted by Gasteiger charge is 2.20. The van der Waals surface area contributed by atoms with Crippen LogP contribution in [0.4, 0.5) is 5.69 Å². The fourth-order valence-corrected chi connectivity index (χ4v) is 2.22. The summed E-state index contributed by atoms with van der Waals surface area (Å²) in [5.41, 5.74) is 0.763. The van der Waals surface area contributed by atoms with Gasteiger partial charge < -0.3 is 20.4 Å². The third-order valence-corrected chi connectivity index (χ3v) is 3.56. The summed E-state index contributed by atoms with van der Waals surface area (Å²) in [5.74, 6) is -0.547. The summed E-state index contributed by atoms with van der Waals surface area (Å²) in [5, 5.41) is 20.8. The van der Waals surface area contributed by atoms with Gasteiger partial charge in [0, 0.05) is 12.7 Å². The SMILES string of the molecule is CSCCC(NC(=O)CN(C)c1ccc(O)cc1)C(=O)O. The fraction of sp³-hybridized carbons (Fsp3) is 0.429. The molecule has 1 unspecified atom stereocenters. The van der Waals surface area contributed by atoms with E-state index in [0.717, 1.165) is 5.69 Å². The van der Waals surface area contributed by atoms with Crippen molar-refractivity contribution in [1.29, 1.82) is 0 Å². The van der Waals surface area contributed by atoms with Gasteiger partial charge in [-0.2, -0.15) is 11.8 Å². The molecular formula is C14H20N2O4S. The average molecular weight is 312 g/mol. The zero-order valence-electron chi connectivity index (χ0n) is 12.1. The fourth-order valence-electron chi connectivity index (χ4n) is 1.75. The van der Waals surface area contributed by atoms with Crippen molar-refractivity contribution in [2.24, 2.45) is 0 Å². The minimum absolute atomic E-state index is 0.0494. The Morgan fingerprint density at radius 1 is 1.33 bits per heavy atom. The molecule has 1 atom stereocenters. The van der Waals surface area contributed by atoms with E-state index < -0.39 is 12.0 Å². The maximum Gasteiger partial charge on any atom is 0.326 e. The third-order valence-electron chi connectivity index (χ3n) is 2.92. The predicted molar refractivity (Wildman–Crippen MR) is 83.9 cm³/mol. The van der Waals surface area contributed by atoms with Crippen LogP contribution >= 0.6 is 11.8 Å². The third kappa shape index (κ3) is 5.95. The standard InChI is InChI=1S/C14H20N2O4S/c1-16(10-3-5-11(17)6-4-10)9-13(18)15-12(14(19)20)7-8-21-2/h3-6,12,17H,7-9H2,1-2H3,(H,15,18)(H,19,20). The van der Waals surface area contributed by atoms with E-state index in [0.29, 0.717) is 12.2 Å². The Balaban J connectivity index is 2.54. The number of amides is 1. The molecule has 0 radical (unpaired) electrons. The Labute approximate surface area is 128 Å². The van der Waals surface area contributed by atoms with Crippen molar-refractivity contribution in [1.82, 2.24) is 5.32 Å². The molecule has 0 saturated heterocycles. The number of phenolic OH excluding ortho intramolecular Hbond substituents is 1. The van der Waals surface area contributed by atoms with Crippen molar-refractivity contribution in [2.45, 2.75) is 12.5 Å². The Morgan fingerprint density at radius 2 is 1.95 bits per heavy atom. The number of phenols is 1. The number of carboxylic acid groups (broad SMARTS) is 1. The van der Waals surface area contributed by atoms with Gasteiger partial charge >= 0.3 is 5.97 Å². The molecule has 0 aliphatic rings. The molecule has 0 fully saturated rings. The van der Waals surface area contributed by atoms with Crippen LogP contribution in [0.1, 0.15) is 6.42 Å². The van der Waals surface area contributed by atoms with E-state index >= 15 is 0 Å². The molecule has 1 aromatic carbocycles. The summed E-state index contributed by atoms with van der Waals surface area (Å²) in [6.45, 7) is 0.0494. The highest BCUT2D eigenvalue weighted by Crippen LogP contribution is 2.16. The van der Waals surface area contributed by atoms with Crippen LogP contribution in [0.5, 0.6) is 5.75 Å². The molecule has 0 aliphatic carbocycles. The number of aromatic hydroxyl groups is 1. The number of carboxylic acids is 1. The topological polar surface area (TPSA) is 89.9 Å². The van der Waals surface area contributed by atoms with E-state index in [1.165, 1.54) is 23.9 Å². The monoisotopic (exact) mass is 312 g/mol. The number of nitrogens with zero attached hydrogens (tertiary/aromatic N) is 1. The molecule has 7 heteroatoms.